The maximum atomic E-state index is 5.35. The molecule has 2 heterocycles. The summed E-state index contributed by atoms with van der Waals surface area (Å²) in [6.07, 6.45) is 2.43. The molecule has 0 saturated heterocycles. The van der Waals surface area contributed by atoms with Gasteiger partial charge in [-0.25, -0.2) is 0 Å². The maximum absolute atomic E-state index is 5.35. The highest BCUT2D eigenvalue weighted by Crippen LogP contribution is 2.14. The van der Waals surface area contributed by atoms with Crippen LogP contribution in [0.1, 0.15) is 5.89 Å². The summed E-state index contributed by atoms with van der Waals surface area (Å²) in [5.41, 5.74) is 6.18. The highest BCUT2D eigenvalue weighted by Gasteiger charge is 2.07. The van der Waals surface area contributed by atoms with E-state index < -0.39 is 0 Å². The number of nitrogens with one attached hydrogen (secondary N) is 1. The summed E-state index contributed by atoms with van der Waals surface area (Å²) in [5, 5.41) is 7.72. The third kappa shape index (κ3) is 1.59. The van der Waals surface area contributed by atoms with E-state index in [0.29, 0.717) is 24.7 Å². The van der Waals surface area contributed by atoms with Crippen molar-refractivity contribution in [2.75, 3.05) is 6.54 Å². The lowest BCUT2D eigenvalue weighted by Crippen LogP contribution is -2.02. The number of nitrogens with two attached hydrogens (primary N) is 1. The van der Waals surface area contributed by atoms with Gasteiger partial charge in [-0.3, -0.25) is 0 Å². The van der Waals surface area contributed by atoms with Crippen molar-refractivity contribution >= 4 is 0 Å². The molecule has 0 aliphatic heterocycles. The third-order valence-corrected chi connectivity index (χ3v) is 1.65. The molecule has 2 aromatic rings. The fourth-order valence-corrected chi connectivity index (χ4v) is 1.05. The van der Waals surface area contributed by atoms with Crippen molar-refractivity contribution < 1.29 is 4.42 Å². The molecule has 2 aromatic heterocycles. The predicted molar refractivity (Wildman–Crippen MR) is 46.8 cm³/mol. The van der Waals surface area contributed by atoms with Crippen LogP contribution in [0.3, 0.4) is 0 Å². The Hall–Kier alpha value is -1.62. The van der Waals surface area contributed by atoms with E-state index in [1.54, 1.807) is 0 Å². The Balaban J connectivity index is 2.23. The molecule has 2 rings (SSSR count). The summed E-state index contributed by atoms with van der Waals surface area (Å²) < 4.78 is 5.33. The molecular weight excluding hydrogens is 168 g/mol. The highest BCUT2D eigenvalue weighted by atomic mass is 16.4. The van der Waals surface area contributed by atoms with E-state index in [4.69, 9.17) is 10.2 Å². The van der Waals surface area contributed by atoms with Crippen molar-refractivity contribution in [2.45, 2.75) is 6.42 Å². The van der Waals surface area contributed by atoms with Gasteiger partial charge in [0.25, 0.3) is 5.89 Å². The lowest BCUT2D eigenvalue weighted by atomic mass is 10.4. The van der Waals surface area contributed by atoms with Gasteiger partial charge in [-0.15, -0.1) is 10.2 Å². The van der Waals surface area contributed by atoms with Gasteiger partial charge in [0, 0.05) is 19.2 Å². The molecule has 0 bridgehead atoms. The monoisotopic (exact) mass is 178 g/mol. The van der Waals surface area contributed by atoms with Crippen molar-refractivity contribution in [3.8, 4) is 11.6 Å². The molecule has 0 fully saturated rings. The molecule has 68 valence electrons. The van der Waals surface area contributed by atoms with Gasteiger partial charge >= 0.3 is 0 Å². The Morgan fingerprint density at radius 3 is 3.08 bits per heavy atom. The second-order valence-corrected chi connectivity index (χ2v) is 2.62. The SMILES string of the molecule is NCCc1nnc(-c2ccc[nH]2)o1. The average molecular weight is 178 g/mol. The average Bonchev–Trinajstić information content (AvgIpc) is 2.70. The molecule has 0 aliphatic carbocycles. The van der Waals surface area contributed by atoms with Crippen LogP contribution in [0.25, 0.3) is 11.6 Å². The van der Waals surface area contributed by atoms with Gasteiger partial charge < -0.3 is 15.1 Å². The first-order chi connectivity index (χ1) is 6.40. The lowest BCUT2D eigenvalue weighted by Gasteiger charge is -1.87. The number of aromatic nitrogens is 3. The zero-order valence-corrected chi connectivity index (χ0v) is 7.03. The Labute approximate surface area is 75.0 Å². The molecule has 5 heteroatoms. The molecule has 0 radical (unpaired) electrons. The predicted octanol–water partition coefficient (Wildman–Crippen LogP) is 0.566. The Bertz CT molecular complexity index is 365. The van der Waals surface area contributed by atoms with E-state index in [1.165, 1.54) is 0 Å². The van der Waals surface area contributed by atoms with E-state index in [0.717, 1.165) is 5.69 Å². The zero-order chi connectivity index (χ0) is 9.10. The molecule has 0 amide bonds. The minimum absolute atomic E-state index is 0.508. The first-order valence-corrected chi connectivity index (χ1v) is 4.06. The summed E-state index contributed by atoms with van der Waals surface area (Å²) in [5.74, 6) is 1.08. The standard InChI is InChI=1S/C8H10N4O/c9-4-3-7-11-12-8(13-7)6-2-1-5-10-6/h1-2,5,10H,3-4,9H2. The van der Waals surface area contributed by atoms with Gasteiger partial charge in [0.15, 0.2) is 0 Å². The fourth-order valence-electron chi connectivity index (χ4n) is 1.05. The summed E-state index contributed by atoms with van der Waals surface area (Å²) in [7, 11) is 0. The second-order valence-electron chi connectivity index (χ2n) is 2.62. The van der Waals surface area contributed by atoms with Crippen molar-refractivity contribution in [3.63, 3.8) is 0 Å². The molecule has 0 saturated carbocycles. The summed E-state index contributed by atoms with van der Waals surface area (Å²) in [4.78, 5) is 2.98. The van der Waals surface area contributed by atoms with Gasteiger partial charge in [-0.2, -0.15) is 0 Å². The zero-order valence-electron chi connectivity index (χ0n) is 7.03. The quantitative estimate of drug-likeness (QED) is 0.719. The second kappa shape index (κ2) is 3.40. The van der Waals surface area contributed by atoms with Crippen LogP contribution in [-0.2, 0) is 6.42 Å². The summed E-state index contributed by atoms with van der Waals surface area (Å²) in [6, 6.07) is 3.75. The smallest absolute Gasteiger partial charge is 0.264 e. The van der Waals surface area contributed by atoms with E-state index >= 15 is 0 Å². The number of hydrogen-bond acceptors (Lipinski definition) is 4. The Morgan fingerprint density at radius 2 is 2.38 bits per heavy atom. The number of hydrogen-bond donors (Lipinski definition) is 2. The van der Waals surface area contributed by atoms with Gasteiger partial charge in [0.1, 0.15) is 5.69 Å². The van der Waals surface area contributed by atoms with Crippen molar-refractivity contribution in [1.29, 1.82) is 0 Å². The minimum atomic E-state index is 0.508. The van der Waals surface area contributed by atoms with Gasteiger partial charge in [0.2, 0.25) is 5.89 Å². The molecule has 0 atom stereocenters. The van der Waals surface area contributed by atoms with Gasteiger partial charge in [0.05, 0.1) is 0 Å². The minimum Gasteiger partial charge on any atom is -0.419 e. The van der Waals surface area contributed by atoms with Crippen LogP contribution in [-0.4, -0.2) is 21.7 Å². The molecule has 3 N–H and O–H groups in total. The molecule has 13 heavy (non-hydrogen) atoms. The van der Waals surface area contributed by atoms with Crippen molar-refractivity contribution in [3.05, 3.63) is 24.2 Å². The molecular formula is C8H10N4O. The first kappa shape index (κ1) is 8.00. The lowest BCUT2D eigenvalue weighted by molar-refractivity contribution is 0.506. The van der Waals surface area contributed by atoms with Crippen LogP contribution in [0.15, 0.2) is 22.7 Å². The number of rotatable bonds is 3. The number of nitrogens with zero attached hydrogens (tertiary/aromatic N) is 2. The fraction of sp³-hybridized carbons (Fsp3) is 0.250. The molecule has 0 unspecified atom stereocenters. The number of H-pyrrole nitrogens is 1. The van der Waals surface area contributed by atoms with Crippen LogP contribution in [0.4, 0.5) is 0 Å². The molecule has 5 nitrogen and oxygen atoms in total. The van der Waals surface area contributed by atoms with Crippen LogP contribution in [0.5, 0.6) is 0 Å². The summed E-state index contributed by atoms with van der Waals surface area (Å²) >= 11 is 0. The van der Waals surface area contributed by atoms with Crippen molar-refractivity contribution in [2.24, 2.45) is 5.73 Å². The largest absolute Gasteiger partial charge is 0.419 e. The summed E-state index contributed by atoms with van der Waals surface area (Å²) in [6.45, 7) is 0.520. The molecule has 0 aromatic carbocycles. The normalized spacial score (nSPS) is 10.5. The first-order valence-electron chi connectivity index (χ1n) is 4.06. The van der Waals surface area contributed by atoms with Gasteiger partial charge in [-0.05, 0) is 12.1 Å². The van der Waals surface area contributed by atoms with E-state index in [2.05, 4.69) is 15.2 Å². The topological polar surface area (TPSA) is 80.7 Å². The Kier molecular flexibility index (Phi) is 2.09. The van der Waals surface area contributed by atoms with Crippen LogP contribution in [0, 0.1) is 0 Å². The number of aromatic amines is 1. The Morgan fingerprint density at radius 1 is 1.46 bits per heavy atom. The van der Waals surface area contributed by atoms with E-state index in [9.17, 15) is 0 Å². The van der Waals surface area contributed by atoms with E-state index in [-0.39, 0.29) is 0 Å². The van der Waals surface area contributed by atoms with Crippen LogP contribution < -0.4 is 5.73 Å². The van der Waals surface area contributed by atoms with E-state index in [1.807, 2.05) is 18.3 Å². The van der Waals surface area contributed by atoms with Crippen LogP contribution >= 0.6 is 0 Å². The van der Waals surface area contributed by atoms with Crippen LogP contribution in [0.2, 0.25) is 0 Å². The molecule has 0 aliphatic rings. The highest BCUT2D eigenvalue weighted by molar-refractivity contribution is 5.45. The van der Waals surface area contributed by atoms with Crippen molar-refractivity contribution in [1.82, 2.24) is 15.2 Å². The third-order valence-electron chi connectivity index (χ3n) is 1.65. The van der Waals surface area contributed by atoms with Gasteiger partial charge in [-0.1, -0.05) is 0 Å². The maximum Gasteiger partial charge on any atom is 0.264 e. The molecule has 0 spiro atoms.